The minimum absolute atomic E-state index is 0.112. The number of thiophene rings is 1. The lowest BCUT2D eigenvalue weighted by atomic mass is 10.1. The first-order chi connectivity index (χ1) is 9.06. The minimum atomic E-state index is -1.04. The first-order valence-corrected chi connectivity index (χ1v) is 6.67. The van der Waals surface area contributed by atoms with Crippen molar-refractivity contribution in [1.29, 1.82) is 0 Å². The van der Waals surface area contributed by atoms with Gasteiger partial charge in [0.2, 0.25) is 0 Å². The number of aromatic carboxylic acids is 1. The van der Waals surface area contributed by atoms with Gasteiger partial charge in [-0.15, -0.1) is 11.3 Å². The molecular weight excluding hydrogens is 265 g/mol. The van der Waals surface area contributed by atoms with Crippen molar-refractivity contribution in [3.05, 3.63) is 57.5 Å². The summed E-state index contributed by atoms with van der Waals surface area (Å²) in [7, 11) is 1.88. The summed E-state index contributed by atoms with van der Waals surface area (Å²) in [6, 6.07) is 7.87. The van der Waals surface area contributed by atoms with Gasteiger partial charge >= 0.3 is 5.97 Å². The van der Waals surface area contributed by atoms with Gasteiger partial charge in [0.25, 0.3) is 0 Å². The summed E-state index contributed by atoms with van der Waals surface area (Å²) in [6.07, 6.45) is 0. The second kappa shape index (κ2) is 5.95. The smallest absolute Gasteiger partial charge is 0.335 e. The summed E-state index contributed by atoms with van der Waals surface area (Å²) in [5.41, 5.74) is 0.514. The van der Waals surface area contributed by atoms with E-state index >= 15 is 0 Å². The Bertz CT molecular complexity index is 569. The van der Waals surface area contributed by atoms with Crippen LogP contribution in [-0.4, -0.2) is 23.0 Å². The molecule has 0 bridgehead atoms. The Balaban J connectivity index is 2.09. The van der Waals surface area contributed by atoms with Gasteiger partial charge < -0.3 is 5.11 Å². The first kappa shape index (κ1) is 13.7. The van der Waals surface area contributed by atoms with Gasteiger partial charge in [0, 0.05) is 23.5 Å². The summed E-state index contributed by atoms with van der Waals surface area (Å²) in [5.74, 6) is -1.41. The third-order valence-electron chi connectivity index (χ3n) is 2.74. The van der Waals surface area contributed by atoms with Crippen molar-refractivity contribution in [2.45, 2.75) is 13.1 Å². The van der Waals surface area contributed by atoms with Crippen molar-refractivity contribution in [3.8, 4) is 0 Å². The molecule has 0 unspecified atom stereocenters. The maximum atomic E-state index is 13.7. The summed E-state index contributed by atoms with van der Waals surface area (Å²) >= 11 is 1.64. The molecule has 100 valence electrons. The maximum absolute atomic E-state index is 13.7. The molecule has 0 spiro atoms. The third-order valence-corrected chi connectivity index (χ3v) is 3.60. The molecular formula is C14H14FNO2S. The van der Waals surface area contributed by atoms with E-state index < -0.39 is 5.97 Å². The van der Waals surface area contributed by atoms with E-state index in [0.717, 1.165) is 0 Å². The molecule has 0 aliphatic rings. The highest BCUT2D eigenvalue weighted by molar-refractivity contribution is 7.09. The Labute approximate surface area is 114 Å². The van der Waals surface area contributed by atoms with E-state index in [1.807, 2.05) is 29.5 Å². The average molecular weight is 279 g/mol. The second-order valence-corrected chi connectivity index (χ2v) is 5.40. The van der Waals surface area contributed by atoms with E-state index in [0.29, 0.717) is 18.7 Å². The number of carboxylic acids is 1. The standard InChI is InChI=1S/C14H14FNO2S/c1-16(9-12-3-2-6-19-12)8-11-7-10(14(17)18)4-5-13(11)15/h2-7H,8-9H2,1H3,(H,17,18). The van der Waals surface area contributed by atoms with E-state index in [1.165, 1.54) is 23.1 Å². The van der Waals surface area contributed by atoms with E-state index in [1.54, 1.807) is 11.3 Å². The van der Waals surface area contributed by atoms with Crippen LogP contribution >= 0.6 is 11.3 Å². The molecule has 1 aromatic heterocycles. The summed E-state index contributed by atoms with van der Waals surface area (Å²) < 4.78 is 13.7. The molecule has 1 heterocycles. The van der Waals surface area contributed by atoms with Crippen LogP contribution in [-0.2, 0) is 13.1 Å². The summed E-state index contributed by atoms with van der Waals surface area (Å²) in [6.45, 7) is 1.10. The Morgan fingerprint density at radius 3 is 2.79 bits per heavy atom. The highest BCUT2D eigenvalue weighted by atomic mass is 32.1. The fourth-order valence-corrected chi connectivity index (χ4v) is 2.63. The number of rotatable bonds is 5. The molecule has 0 fully saturated rings. The summed E-state index contributed by atoms with van der Waals surface area (Å²) in [4.78, 5) is 14.0. The zero-order valence-electron chi connectivity index (χ0n) is 10.5. The van der Waals surface area contributed by atoms with Crippen molar-refractivity contribution in [1.82, 2.24) is 4.90 Å². The predicted octanol–water partition coefficient (Wildman–Crippen LogP) is 3.22. The average Bonchev–Trinajstić information content (AvgIpc) is 2.84. The van der Waals surface area contributed by atoms with Gasteiger partial charge in [-0.25, -0.2) is 9.18 Å². The van der Waals surface area contributed by atoms with Crippen molar-refractivity contribution in [3.63, 3.8) is 0 Å². The number of carbonyl (C=O) groups is 1. The lowest BCUT2D eigenvalue weighted by Gasteiger charge is -2.16. The molecule has 0 saturated heterocycles. The van der Waals surface area contributed by atoms with E-state index in [4.69, 9.17) is 5.11 Å². The molecule has 0 atom stereocenters. The fourth-order valence-electron chi connectivity index (χ4n) is 1.84. The van der Waals surface area contributed by atoms with Gasteiger partial charge in [0.1, 0.15) is 5.82 Å². The van der Waals surface area contributed by atoms with Gasteiger partial charge in [-0.3, -0.25) is 4.90 Å². The van der Waals surface area contributed by atoms with E-state index in [2.05, 4.69) is 0 Å². The molecule has 0 aliphatic carbocycles. The number of carboxylic acid groups (broad SMARTS) is 1. The zero-order chi connectivity index (χ0) is 13.8. The molecule has 3 nitrogen and oxygen atoms in total. The van der Waals surface area contributed by atoms with Gasteiger partial charge in [-0.05, 0) is 36.7 Å². The fraction of sp³-hybridized carbons (Fsp3) is 0.214. The first-order valence-electron chi connectivity index (χ1n) is 5.79. The van der Waals surface area contributed by atoms with Crippen LogP contribution in [0.1, 0.15) is 20.8 Å². The molecule has 0 radical (unpaired) electrons. The number of hydrogen-bond donors (Lipinski definition) is 1. The largest absolute Gasteiger partial charge is 0.478 e. The Kier molecular flexibility index (Phi) is 4.29. The Morgan fingerprint density at radius 2 is 2.16 bits per heavy atom. The van der Waals surface area contributed by atoms with Crippen LogP contribution < -0.4 is 0 Å². The van der Waals surface area contributed by atoms with E-state index in [-0.39, 0.29) is 11.4 Å². The molecule has 2 aromatic rings. The van der Waals surface area contributed by atoms with Gasteiger partial charge in [0.15, 0.2) is 0 Å². The van der Waals surface area contributed by atoms with Crippen LogP contribution in [0.2, 0.25) is 0 Å². The topological polar surface area (TPSA) is 40.5 Å². The molecule has 1 aromatic carbocycles. The summed E-state index contributed by atoms with van der Waals surface area (Å²) in [5, 5.41) is 10.9. The molecule has 19 heavy (non-hydrogen) atoms. The zero-order valence-corrected chi connectivity index (χ0v) is 11.3. The monoisotopic (exact) mass is 279 g/mol. The van der Waals surface area contributed by atoms with Gasteiger partial charge in [-0.2, -0.15) is 0 Å². The minimum Gasteiger partial charge on any atom is -0.478 e. The van der Waals surface area contributed by atoms with Crippen LogP contribution in [0.3, 0.4) is 0 Å². The van der Waals surface area contributed by atoms with Crippen LogP contribution in [0.25, 0.3) is 0 Å². The van der Waals surface area contributed by atoms with E-state index in [9.17, 15) is 9.18 Å². The maximum Gasteiger partial charge on any atom is 0.335 e. The van der Waals surface area contributed by atoms with Crippen molar-refractivity contribution in [2.75, 3.05) is 7.05 Å². The molecule has 5 heteroatoms. The normalized spacial score (nSPS) is 10.9. The quantitative estimate of drug-likeness (QED) is 0.913. The van der Waals surface area contributed by atoms with Crippen molar-refractivity contribution >= 4 is 17.3 Å². The third kappa shape index (κ3) is 3.62. The lowest BCUT2D eigenvalue weighted by Crippen LogP contribution is -2.17. The molecule has 2 rings (SSSR count). The Hall–Kier alpha value is -1.72. The molecule has 0 saturated carbocycles. The number of halogens is 1. The van der Waals surface area contributed by atoms with Crippen LogP contribution in [0.4, 0.5) is 4.39 Å². The van der Waals surface area contributed by atoms with Crippen LogP contribution in [0, 0.1) is 5.82 Å². The SMILES string of the molecule is CN(Cc1cccs1)Cc1cc(C(=O)O)ccc1F. The van der Waals surface area contributed by atoms with Crippen LogP contribution in [0.5, 0.6) is 0 Å². The Morgan fingerprint density at radius 1 is 1.37 bits per heavy atom. The molecule has 0 aliphatic heterocycles. The number of hydrogen-bond acceptors (Lipinski definition) is 3. The molecule has 0 amide bonds. The van der Waals surface area contributed by atoms with Gasteiger partial charge in [-0.1, -0.05) is 6.07 Å². The predicted molar refractivity (Wildman–Crippen MR) is 72.8 cm³/mol. The highest BCUT2D eigenvalue weighted by Crippen LogP contribution is 2.16. The van der Waals surface area contributed by atoms with Gasteiger partial charge in [0.05, 0.1) is 5.56 Å². The molecule has 1 N–H and O–H groups in total. The lowest BCUT2D eigenvalue weighted by molar-refractivity contribution is 0.0696. The second-order valence-electron chi connectivity index (χ2n) is 4.36. The van der Waals surface area contributed by atoms with Crippen LogP contribution in [0.15, 0.2) is 35.7 Å². The van der Waals surface area contributed by atoms with Crippen molar-refractivity contribution in [2.24, 2.45) is 0 Å². The number of benzene rings is 1. The number of nitrogens with zero attached hydrogens (tertiary/aromatic N) is 1. The van der Waals surface area contributed by atoms with Crippen molar-refractivity contribution < 1.29 is 14.3 Å². The highest BCUT2D eigenvalue weighted by Gasteiger charge is 2.10.